The van der Waals surface area contributed by atoms with Crippen LogP contribution >= 0.6 is 43.6 Å². The van der Waals surface area contributed by atoms with Crippen molar-refractivity contribution in [3.05, 3.63) is 57.0 Å². The van der Waals surface area contributed by atoms with E-state index in [0.29, 0.717) is 28.3 Å². The number of hydrazone groups is 1. The number of hydrogen-bond acceptors (Lipinski definition) is 8. The minimum atomic E-state index is -0.493. The molecule has 2 unspecified atom stereocenters. The molecule has 2 aromatic carbocycles. The van der Waals surface area contributed by atoms with Crippen LogP contribution in [0.15, 0.2) is 66.2 Å². The third kappa shape index (κ3) is 3.49. The number of fused-ring (bicyclic) bond motifs is 3. The summed E-state index contributed by atoms with van der Waals surface area (Å²) in [7, 11) is 0. The van der Waals surface area contributed by atoms with Crippen molar-refractivity contribution in [3.63, 3.8) is 0 Å². The van der Waals surface area contributed by atoms with Crippen LogP contribution in [0.3, 0.4) is 0 Å². The Morgan fingerprint density at radius 2 is 1.97 bits per heavy atom. The Labute approximate surface area is 186 Å². The number of esters is 1. The molecule has 0 aliphatic carbocycles. The van der Waals surface area contributed by atoms with Gasteiger partial charge in [-0.1, -0.05) is 45.9 Å². The molecule has 0 bridgehead atoms. The summed E-state index contributed by atoms with van der Waals surface area (Å²) in [6.07, 6.45) is 0. The summed E-state index contributed by atoms with van der Waals surface area (Å²) in [5.41, 5.74) is 5.50. The van der Waals surface area contributed by atoms with Crippen molar-refractivity contribution in [1.29, 1.82) is 0 Å². The van der Waals surface area contributed by atoms with Gasteiger partial charge in [0.05, 0.1) is 16.2 Å². The molecule has 146 valence electrons. The molecule has 10 heteroatoms. The number of ether oxygens (including phenoxy) is 1. The van der Waals surface area contributed by atoms with Gasteiger partial charge in [-0.05, 0) is 40.2 Å². The zero-order valence-electron chi connectivity index (χ0n) is 14.6. The van der Waals surface area contributed by atoms with Crippen LogP contribution in [0.1, 0.15) is 11.6 Å². The monoisotopic (exact) mass is 534 g/mol. The first-order valence-electron chi connectivity index (χ1n) is 8.64. The van der Waals surface area contributed by atoms with E-state index in [0.717, 1.165) is 20.1 Å². The number of carbonyl (C=O) groups excluding carboxylic acids is 1. The molecule has 2 aliphatic rings. The first-order chi connectivity index (χ1) is 14.1. The van der Waals surface area contributed by atoms with Crippen molar-refractivity contribution in [2.24, 2.45) is 11.0 Å². The predicted octanol–water partition coefficient (Wildman–Crippen LogP) is 4.59. The number of benzene rings is 2. The fourth-order valence-corrected chi connectivity index (χ4v) is 5.41. The van der Waals surface area contributed by atoms with Crippen molar-refractivity contribution < 1.29 is 13.9 Å². The van der Waals surface area contributed by atoms with E-state index in [-0.39, 0.29) is 12.0 Å². The third-order valence-electron chi connectivity index (χ3n) is 4.64. The number of hydrogen-bond donors (Lipinski definition) is 1. The number of rotatable bonds is 4. The molecule has 0 spiro atoms. The Bertz CT molecular complexity index is 1140. The third-order valence-corrected chi connectivity index (χ3v) is 6.54. The Morgan fingerprint density at radius 1 is 1.14 bits per heavy atom. The average Bonchev–Trinajstić information content (AvgIpc) is 3.36. The van der Waals surface area contributed by atoms with E-state index >= 15 is 0 Å². The first-order valence-corrected chi connectivity index (χ1v) is 11.2. The highest BCUT2D eigenvalue weighted by Crippen LogP contribution is 2.45. The van der Waals surface area contributed by atoms with E-state index in [4.69, 9.17) is 9.15 Å². The zero-order valence-corrected chi connectivity index (χ0v) is 18.6. The lowest BCUT2D eigenvalue weighted by Crippen LogP contribution is -2.37. The lowest BCUT2D eigenvalue weighted by Gasteiger charge is -2.27. The van der Waals surface area contributed by atoms with Crippen molar-refractivity contribution in [1.82, 2.24) is 15.6 Å². The summed E-state index contributed by atoms with van der Waals surface area (Å²) in [5, 5.41) is 13.0. The van der Waals surface area contributed by atoms with Crippen LogP contribution in [-0.4, -0.2) is 27.6 Å². The number of aromatic nitrogens is 2. The van der Waals surface area contributed by atoms with Crippen molar-refractivity contribution in [3.8, 4) is 17.2 Å². The molecular weight excluding hydrogens is 524 g/mol. The Hall–Kier alpha value is -2.17. The maximum Gasteiger partial charge on any atom is 0.322 e. The number of nitrogens with zero attached hydrogens (tertiary/aromatic N) is 3. The van der Waals surface area contributed by atoms with Gasteiger partial charge >= 0.3 is 5.97 Å². The average molecular weight is 536 g/mol. The molecule has 2 aliphatic heterocycles. The summed E-state index contributed by atoms with van der Waals surface area (Å²) >= 11 is 8.28. The molecular formula is C19H12Br2N4O3S. The van der Waals surface area contributed by atoms with Gasteiger partial charge < -0.3 is 14.6 Å². The van der Waals surface area contributed by atoms with Gasteiger partial charge in [0.15, 0.2) is 5.75 Å². The van der Waals surface area contributed by atoms with Gasteiger partial charge in [-0.3, -0.25) is 4.79 Å². The molecule has 3 aromatic rings. The van der Waals surface area contributed by atoms with E-state index < -0.39 is 5.92 Å². The van der Waals surface area contributed by atoms with E-state index in [9.17, 15) is 4.79 Å². The molecule has 0 saturated heterocycles. The van der Waals surface area contributed by atoms with Gasteiger partial charge in [-0.25, -0.2) is 0 Å². The molecule has 2 atom stereocenters. The van der Waals surface area contributed by atoms with Gasteiger partial charge in [0.2, 0.25) is 5.89 Å². The highest BCUT2D eigenvalue weighted by molar-refractivity contribution is 9.11. The number of nitrogens with one attached hydrogen (secondary N) is 1. The highest BCUT2D eigenvalue weighted by atomic mass is 79.9. The standard InChI is InChI=1S/C19H12Br2N4O3S/c20-10-6-11-15-14(18(26)27-16(11)12(21)7-10)13(22-23-15)8-29-19-25-24-17(28-19)9-4-2-1-3-5-9/h1-7,14-15,23H,8H2. The number of thioether (sulfide) groups is 1. The number of carbonyl (C=O) groups is 1. The van der Waals surface area contributed by atoms with Crippen LogP contribution in [0.5, 0.6) is 5.75 Å². The van der Waals surface area contributed by atoms with Crippen LogP contribution < -0.4 is 10.2 Å². The molecule has 3 heterocycles. The first kappa shape index (κ1) is 18.8. The molecule has 29 heavy (non-hydrogen) atoms. The smallest absolute Gasteiger partial charge is 0.322 e. The Morgan fingerprint density at radius 3 is 2.79 bits per heavy atom. The van der Waals surface area contributed by atoms with Crippen molar-refractivity contribution in [2.75, 3.05) is 5.75 Å². The summed E-state index contributed by atoms with van der Waals surface area (Å²) in [6, 6.07) is 13.1. The summed E-state index contributed by atoms with van der Waals surface area (Å²) < 4.78 is 12.9. The van der Waals surface area contributed by atoms with Gasteiger partial charge in [0, 0.05) is 21.4 Å². The second-order valence-corrected chi connectivity index (χ2v) is 9.14. The van der Waals surface area contributed by atoms with E-state index in [1.54, 1.807) is 0 Å². The fourth-order valence-electron chi connectivity index (χ4n) is 3.32. The van der Waals surface area contributed by atoms with Crippen LogP contribution in [0.25, 0.3) is 11.5 Å². The van der Waals surface area contributed by atoms with E-state index in [2.05, 4.69) is 52.6 Å². The lowest BCUT2D eigenvalue weighted by atomic mass is 9.89. The summed E-state index contributed by atoms with van der Waals surface area (Å²) in [5.74, 6) is 0.598. The van der Waals surface area contributed by atoms with E-state index in [1.165, 1.54) is 11.8 Å². The normalized spacial score (nSPS) is 19.8. The van der Waals surface area contributed by atoms with Crippen LogP contribution in [0.4, 0.5) is 0 Å². The van der Waals surface area contributed by atoms with Crippen LogP contribution in [-0.2, 0) is 4.79 Å². The molecule has 1 N–H and O–H groups in total. The molecule has 0 saturated carbocycles. The minimum Gasteiger partial charge on any atom is -0.424 e. The van der Waals surface area contributed by atoms with Gasteiger partial charge in [0.25, 0.3) is 5.22 Å². The summed E-state index contributed by atoms with van der Waals surface area (Å²) in [6.45, 7) is 0. The minimum absolute atomic E-state index is 0.266. The second-order valence-electron chi connectivity index (χ2n) is 6.44. The summed E-state index contributed by atoms with van der Waals surface area (Å²) in [4.78, 5) is 12.7. The fraction of sp³-hybridized carbons (Fsp3) is 0.158. The molecule has 0 amide bonds. The largest absolute Gasteiger partial charge is 0.424 e. The molecule has 7 nitrogen and oxygen atoms in total. The van der Waals surface area contributed by atoms with Crippen LogP contribution in [0.2, 0.25) is 0 Å². The van der Waals surface area contributed by atoms with Crippen molar-refractivity contribution in [2.45, 2.75) is 11.3 Å². The predicted molar refractivity (Wildman–Crippen MR) is 115 cm³/mol. The topological polar surface area (TPSA) is 89.6 Å². The zero-order chi connectivity index (χ0) is 20.0. The quantitative estimate of drug-likeness (QED) is 0.297. The molecule has 1 aromatic heterocycles. The maximum absolute atomic E-state index is 12.7. The Kier molecular flexibility index (Phi) is 4.92. The maximum atomic E-state index is 12.7. The molecule has 0 fully saturated rings. The van der Waals surface area contributed by atoms with Gasteiger partial charge in [-0.2, -0.15) is 5.10 Å². The number of halogens is 2. The SMILES string of the molecule is O=C1Oc2c(Br)cc(Br)cc2C2NN=C(CSc3nnc(-c4ccccc4)o3)C12. The van der Waals surface area contributed by atoms with Gasteiger partial charge in [0.1, 0.15) is 5.92 Å². The lowest BCUT2D eigenvalue weighted by molar-refractivity contribution is -0.138. The molecule has 0 radical (unpaired) electrons. The van der Waals surface area contributed by atoms with E-state index in [1.807, 2.05) is 42.5 Å². The Balaban J connectivity index is 1.33. The van der Waals surface area contributed by atoms with Crippen molar-refractivity contribution >= 4 is 55.3 Å². The second kappa shape index (κ2) is 7.58. The van der Waals surface area contributed by atoms with Crippen LogP contribution in [0, 0.1) is 5.92 Å². The van der Waals surface area contributed by atoms with Gasteiger partial charge in [-0.15, -0.1) is 10.2 Å². The molecule has 5 rings (SSSR count). The highest BCUT2D eigenvalue weighted by Gasteiger charge is 2.45.